The van der Waals surface area contributed by atoms with Gasteiger partial charge in [0.1, 0.15) is 0 Å². The van der Waals surface area contributed by atoms with Gasteiger partial charge in [0.25, 0.3) is 0 Å². The second-order valence-electron chi connectivity index (χ2n) is 0.723. The molecule has 0 aromatic heterocycles. The van der Waals surface area contributed by atoms with E-state index in [4.69, 9.17) is 10.4 Å². The Morgan fingerprint density at radius 1 is 1.78 bits per heavy atom. The van der Waals surface area contributed by atoms with Gasteiger partial charge in [-0.25, -0.2) is 0 Å². The average Bonchev–Trinajstić information content (AvgIpc) is 1.61. The second kappa shape index (κ2) is 12.4. The zero-order chi connectivity index (χ0) is 5.70. The fraction of sp³-hybridized carbons (Fsp3) is 0.333. The van der Waals surface area contributed by atoms with Gasteiger partial charge in [-0.15, -0.1) is 0 Å². The van der Waals surface area contributed by atoms with E-state index in [1.165, 1.54) is 0 Å². The van der Waals surface area contributed by atoms with Crippen molar-refractivity contribution < 1.29 is 44.3 Å². The molecule has 0 bridgehead atoms. The topological polar surface area (TPSA) is 61.1 Å². The summed E-state index contributed by atoms with van der Waals surface area (Å²) in [6.07, 6.45) is 0. The molecule has 0 heterocycles. The predicted octanol–water partition coefficient (Wildman–Crippen LogP) is -0.598. The Labute approximate surface area is 115 Å². The third kappa shape index (κ3) is 17.7. The van der Waals surface area contributed by atoms with Gasteiger partial charge in [-0.2, -0.15) is 0 Å². The molecule has 6 heteroatoms. The molecule has 0 fully saturated rings. The summed E-state index contributed by atoms with van der Waals surface area (Å²) in [5, 5.41) is 15.7. The number of carboxylic acid groups (broad SMARTS) is 1. The van der Waals surface area contributed by atoms with Crippen LogP contribution in [0, 0.1) is 10.2 Å². The van der Waals surface area contributed by atoms with Crippen LogP contribution in [-0.4, -0.2) is 62.5 Å². The molecule has 0 aliphatic carbocycles. The van der Waals surface area contributed by atoms with Crippen LogP contribution < -0.4 is 0 Å². The molecule has 0 unspecified atom stereocenters. The van der Waals surface area contributed by atoms with Crippen LogP contribution in [0.4, 0.5) is 0 Å². The van der Waals surface area contributed by atoms with Crippen LogP contribution in [0.2, 0.25) is 5.32 Å². The summed E-state index contributed by atoms with van der Waals surface area (Å²) in [4.78, 5) is 11.3. The van der Waals surface area contributed by atoms with Crippen LogP contribution in [0.1, 0.15) is 0 Å². The number of hydrogen-bond donors (Lipinski definition) is 1. The summed E-state index contributed by atoms with van der Waals surface area (Å²) < 4.78 is 0. The van der Waals surface area contributed by atoms with Crippen LogP contribution in [0.3, 0.4) is 0 Å². The third-order valence-electron chi connectivity index (χ3n) is 0.225. The van der Waals surface area contributed by atoms with Crippen LogP contribution in [-0.2, 0) is 39.2 Å². The van der Waals surface area contributed by atoms with Gasteiger partial charge in [0.2, 0.25) is 0 Å². The molecule has 0 spiro atoms. The smallest absolute Gasteiger partial charge is 0 e. The van der Waals surface area contributed by atoms with Gasteiger partial charge in [0.05, 0.1) is 0 Å². The van der Waals surface area contributed by atoms with E-state index in [2.05, 4.69) is 0 Å². The van der Waals surface area contributed by atoms with Crippen LogP contribution in [0.15, 0.2) is 0 Å². The number of nitrogens with zero attached hydrogens (tertiary/aromatic N) is 1. The SMILES string of the molecule is N#[C][Fe][CH2]C(=O)O.[KH].[Zn]. The zero-order valence-electron chi connectivity index (χ0n) is 4.07. The molecule has 0 amide bonds. The summed E-state index contributed by atoms with van der Waals surface area (Å²) in [6, 6.07) is 0. The van der Waals surface area contributed by atoms with Gasteiger partial charge in [-0.1, -0.05) is 0 Å². The van der Waals surface area contributed by atoms with Gasteiger partial charge in [-0.05, 0) is 0 Å². The number of carboxylic acids is 1. The van der Waals surface area contributed by atoms with Crippen molar-refractivity contribution in [2.75, 3.05) is 0 Å². The Bertz CT molecular complexity index is 115. The molecule has 0 aliphatic heterocycles. The first-order valence-electron chi connectivity index (χ1n) is 1.43. The van der Waals surface area contributed by atoms with Crippen molar-refractivity contribution in [1.29, 1.82) is 5.26 Å². The van der Waals surface area contributed by atoms with Gasteiger partial charge in [-0.3, -0.25) is 0 Å². The number of carbonyl (C=O) groups is 1. The minimum Gasteiger partial charge on any atom is 0 e. The van der Waals surface area contributed by atoms with Gasteiger partial charge in [0, 0.05) is 19.5 Å². The van der Waals surface area contributed by atoms with Crippen molar-refractivity contribution in [2.45, 2.75) is 5.32 Å². The molecule has 0 rings (SSSR count). The molecule has 9 heavy (non-hydrogen) atoms. The molecule has 44 valence electrons. The molecule has 0 aliphatic rings. The molecule has 0 aromatic carbocycles. The molecular formula is C3H4FeKNO2Zn. The normalized spacial score (nSPS) is 6.11. The van der Waals surface area contributed by atoms with Crippen molar-refractivity contribution in [3.05, 3.63) is 0 Å². The molecule has 0 saturated heterocycles. The number of rotatable bonds is 2. The van der Waals surface area contributed by atoms with E-state index in [9.17, 15) is 4.79 Å². The monoisotopic (exact) mass is 245 g/mol. The van der Waals surface area contributed by atoms with Crippen molar-refractivity contribution >= 4 is 57.4 Å². The van der Waals surface area contributed by atoms with E-state index < -0.39 is 5.97 Å². The van der Waals surface area contributed by atoms with Crippen molar-refractivity contribution in [3.8, 4) is 4.97 Å². The van der Waals surface area contributed by atoms with Crippen molar-refractivity contribution in [1.82, 2.24) is 0 Å². The fourth-order valence-electron chi connectivity index (χ4n) is 0.0814. The standard InChI is InChI=1S/C2H3O2.CN.Fe.K.Zn.H/c1-2(3)4;1-2;;;;/h1H2,(H,3,4);;;;;. The zero-order valence-corrected chi connectivity index (χ0v) is 8.14. The predicted molar refractivity (Wildman–Crippen MR) is 25.2 cm³/mol. The number of nitriles is 1. The van der Waals surface area contributed by atoms with E-state index >= 15 is 0 Å². The van der Waals surface area contributed by atoms with Crippen LogP contribution >= 0.6 is 0 Å². The summed E-state index contributed by atoms with van der Waals surface area (Å²) in [6.45, 7) is 0. The third-order valence-corrected chi connectivity index (χ3v) is 0.929. The van der Waals surface area contributed by atoms with E-state index in [0.29, 0.717) is 0 Å². The number of aliphatic carboxylic acids is 1. The Hall–Kier alpha value is 1.74. The summed E-state index contributed by atoms with van der Waals surface area (Å²) in [7, 11) is 0. The van der Waals surface area contributed by atoms with Crippen molar-refractivity contribution in [2.24, 2.45) is 0 Å². The van der Waals surface area contributed by atoms with Gasteiger partial charge < -0.3 is 0 Å². The molecular weight excluding hydrogens is 242 g/mol. The first-order chi connectivity index (χ1) is 3.27. The molecule has 0 aromatic rings. The average molecular weight is 246 g/mol. The largest absolute Gasteiger partial charge is 0 e. The fourth-order valence-corrected chi connectivity index (χ4v) is 0.336. The Balaban J connectivity index is -0.000000180. The van der Waals surface area contributed by atoms with Crippen molar-refractivity contribution in [3.63, 3.8) is 0 Å². The molecule has 1 N–H and O–H groups in total. The first kappa shape index (κ1) is 17.0. The maximum absolute atomic E-state index is 9.61. The molecule has 3 nitrogen and oxygen atoms in total. The Morgan fingerprint density at radius 2 is 2.22 bits per heavy atom. The van der Waals surface area contributed by atoms with Gasteiger partial charge >= 0.3 is 97.8 Å². The summed E-state index contributed by atoms with van der Waals surface area (Å²) in [5.74, 6) is -0.915. The minimum atomic E-state index is -0.915. The van der Waals surface area contributed by atoms with E-state index in [1.807, 2.05) is 0 Å². The van der Waals surface area contributed by atoms with E-state index in [-0.39, 0.29) is 91.1 Å². The van der Waals surface area contributed by atoms with Crippen LogP contribution in [0.5, 0.6) is 0 Å². The maximum Gasteiger partial charge on any atom is 0 e. The Kier molecular flexibility index (Phi) is 23.5. The number of hydrogen-bond acceptors (Lipinski definition) is 2. The summed E-state index contributed by atoms with van der Waals surface area (Å²) in [5.41, 5.74) is 0. The Morgan fingerprint density at radius 3 is 2.33 bits per heavy atom. The van der Waals surface area contributed by atoms with E-state index in [1.54, 1.807) is 4.97 Å². The second-order valence-corrected chi connectivity index (χ2v) is 1.75. The van der Waals surface area contributed by atoms with E-state index in [0.717, 1.165) is 0 Å². The molecule has 0 radical (unpaired) electrons. The molecule has 0 atom stereocenters. The quantitative estimate of drug-likeness (QED) is 0.662. The first-order valence-corrected chi connectivity index (χ1v) is 2.76. The van der Waals surface area contributed by atoms with Crippen LogP contribution in [0.25, 0.3) is 0 Å². The maximum atomic E-state index is 9.61. The summed E-state index contributed by atoms with van der Waals surface area (Å²) >= 11 is 0.106. The minimum absolute atomic E-state index is 0. The van der Waals surface area contributed by atoms with Gasteiger partial charge in [0.15, 0.2) is 0 Å². The molecule has 0 saturated carbocycles.